The van der Waals surface area contributed by atoms with Gasteiger partial charge >= 0.3 is 0 Å². The van der Waals surface area contributed by atoms with E-state index < -0.39 is 9.21 Å². The van der Waals surface area contributed by atoms with Crippen molar-refractivity contribution in [1.82, 2.24) is 0 Å². The highest BCUT2D eigenvalue weighted by Crippen LogP contribution is 2.38. The van der Waals surface area contributed by atoms with Gasteiger partial charge in [-0.3, -0.25) is 0 Å². The van der Waals surface area contributed by atoms with Gasteiger partial charge in [0.2, 0.25) is 0 Å². The molecule has 0 aromatic rings. The topological polar surface area (TPSA) is 0 Å². The van der Waals surface area contributed by atoms with E-state index in [-0.39, 0.29) is 0 Å². The molecule has 0 aliphatic heterocycles. The summed E-state index contributed by atoms with van der Waals surface area (Å²) in [6.45, 7) is 12.2. The summed E-state index contributed by atoms with van der Waals surface area (Å²) < 4.78 is 0. The molecule has 1 saturated carbocycles. The van der Waals surface area contributed by atoms with Gasteiger partial charge in [0.15, 0.2) is 0 Å². The monoisotopic (exact) mass is 234 g/mol. The third kappa shape index (κ3) is 2.87. The van der Waals surface area contributed by atoms with Crippen LogP contribution in [0.1, 0.15) is 33.1 Å². The quantitative estimate of drug-likeness (QED) is 0.505. The highest BCUT2D eigenvalue weighted by molar-refractivity contribution is 8.32. The van der Waals surface area contributed by atoms with Crippen LogP contribution in [-0.2, 0) is 0 Å². The Morgan fingerprint density at radius 2 is 1.88 bits per heavy atom. The lowest BCUT2D eigenvalue weighted by Crippen LogP contribution is -2.24. The van der Waals surface area contributed by atoms with Crippen molar-refractivity contribution in [2.75, 3.05) is 5.75 Å². The second kappa shape index (κ2) is 5.51. The molecule has 0 radical (unpaired) electrons. The number of hydrogen-bond donors (Lipinski definition) is 0. The van der Waals surface area contributed by atoms with Crippen molar-refractivity contribution in [2.45, 2.75) is 33.1 Å². The average Bonchev–Trinajstić information content (AvgIpc) is 2.31. The van der Waals surface area contributed by atoms with Gasteiger partial charge < -0.3 is 0 Å². The Morgan fingerprint density at radius 3 is 2.38 bits per heavy atom. The molecule has 3 atom stereocenters. The van der Waals surface area contributed by atoms with E-state index in [4.69, 9.17) is 6.42 Å². The number of rotatable bonds is 2. The van der Waals surface area contributed by atoms with E-state index in [0.29, 0.717) is 5.92 Å². The van der Waals surface area contributed by atoms with E-state index >= 15 is 0 Å². The van der Waals surface area contributed by atoms with Crippen molar-refractivity contribution in [3.8, 4) is 11.7 Å². The fraction of sp³-hybridized carbons (Fsp3) is 0.600. The Balaban J connectivity index is 2.93. The van der Waals surface area contributed by atoms with E-state index in [2.05, 4.69) is 42.3 Å². The standard InChI is InChI=1S/C15H22S/c1-6-16(7-2,8-3)12-15-11-13(4)9-10-14(15)5/h1,13-15H,2-3,9-12H2,4-5H3. The maximum absolute atomic E-state index is 5.61. The molecule has 1 aliphatic rings. The zero-order valence-corrected chi connectivity index (χ0v) is 11.3. The van der Waals surface area contributed by atoms with Gasteiger partial charge in [0.05, 0.1) is 0 Å². The molecular weight excluding hydrogens is 212 g/mol. The van der Waals surface area contributed by atoms with Crippen LogP contribution in [0.4, 0.5) is 0 Å². The summed E-state index contributed by atoms with van der Waals surface area (Å²) in [6, 6.07) is 0. The fourth-order valence-electron chi connectivity index (χ4n) is 2.50. The molecule has 0 bridgehead atoms. The Labute approximate surface area is 101 Å². The summed E-state index contributed by atoms with van der Waals surface area (Å²) >= 11 is 0. The zero-order chi connectivity index (χ0) is 12.2. The first-order valence-corrected chi connectivity index (χ1v) is 7.73. The van der Waals surface area contributed by atoms with Crippen molar-refractivity contribution in [3.05, 3.63) is 13.2 Å². The summed E-state index contributed by atoms with van der Waals surface area (Å²) in [7, 11) is -1.46. The zero-order valence-electron chi connectivity index (χ0n) is 10.5. The highest BCUT2D eigenvalue weighted by Gasteiger charge is 2.26. The minimum absolute atomic E-state index is 0.693. The van der Waals surface area contributed by atoms with Gasteiger partial charge in [-0.2, -0.15) is 0 Å². The Bertz CT molecular complexity index is 424. The third-order valence-corrected chi connectivity index (χ3v) is 6.10. The largest absolute Gasteiger partial charge is 0.108 e. The number of terminal acetylenes is 1. The van der Waals surface area contributed by atoms with Crippen LogP contribution in [0.15, 0.2) is 13.2 Å². The molecule has 0 aromatic carbocycles. The maximum atomic E-state index is 5.61. The number of hydrogen-bond acceptors (Lipinski definition) is 0. The molecule has 0 N–H and O–H groups in total. The molecule has 1 fully saturated rings. The Kier molecular flexibility index (Phi) is 4.57. The first kappa shape index (κ1) is 13.3. The molecule has 1 aliphatic carbocycles. The minimum Gasteiger partial charge on any atom is -0.108 e. The second-order valence-corrected chi connectivity index (χ2v) is 7.59. The van der Waals surface area contributed by atoms with Crippen molar-refractivity contribution in [1.29, 1.82) is 0 Å². The predicted octanol–water partition coefficient (Wildman–Crippen LogP) is 3.63. The molecule has 3 unspecified atom stereocenters. The van der Waals surface area contributed by atoms with Crippen LogP contribution in [0.3, 0.4) is 0 Å². The normalized spacial score (nSPS) is 29.9. The van der Waals surface area contributed by atoms with Gasteiger partial charge in [-0.05, 0) is 42.6 Å². The Hall–Kier alpha value is -0.790. The highest BCUT2D eigenvalue weighted by atomic mass is 32.2. The summed E-state index contributed by atoms with van der Waals surface area (Å²) in [5.41, 5.74) is 0. The molecule has 0 aromatic heterocycles. The lowest BCUT2D eigenvalue weighted by molar-refractivity contribution is 0.224. The van der Waals surface area contributed by atoms with E-state index in [9.17, 15) is 0 Å². The van der Waals surface area contributed by atoms with Gasteiger partial charge in [0.25, 0.3) is 0 Å². The maximum Gasteiger partial charge on any atom is 0.0109 e. The van der Waals surface area contributed by atoms with E-state index in [1.807, 2.05) is 0 Å². The summed E-state index contributed by atoms with van der Waals surface area (Å²) in [6.07, 6.45) is 9.56. The van der Waals surface area contributed by atoms with Gasteiger partial charge in [-0.15, -0.1) is 6.42 Å². The van der Waals surface area contributed by atoms with Gasteiger partial charge in [-0.25, -0.2) is 0 Å². The summed E-state index contributed by atoms with van der Waals surface area (Å²) in [4.78, 5) is 0. The SMILES string of the molecule is C#CS(=C=C)(=C=C)CC1CC(C)CCC1C. The van der Waals surface area contributed by atoms with Crippen molar-refractivity contribution < 1.29 is 0 Å². The average molecular weight is 234 g/mol. The fourth-order valence-corrected chi connectivity index (χ4v) is 4.21. The molecule has 0 amide bonds. The first-order valence-electron chi connectivity index (χ1n) is 5.93. The van der Waals surface area contributed by atoms with Crippen LogP contribution < -0.4 is 0 Å². The predicted molar refractivity (Wildman–Crippen MR) is 78.2 cm³/mol. The molecule has 16 heavy (non-hydrogen) atoms. The van der Waals surface area contributed by atoms with Crippen LogP contribution in [0, 0.1) is 29.4 Å². The first-order chi connectivity index (χ1) is 7.56. The Morgan fingerprint density at radius 1 is 1.25 bits per heavy atom. The lowest BCUT2D eigenvalue weighted by atomic mass is 9.76. The molecule has 0 saturated heterocycles. The van der Waals surface area contributed by atoms with Gasteiger partial charge in [0, 0.05) is 5.75 Å². The molecular formula is C15H22S. The van der Waals surface area contributed by atoms with Crippen molar-refractivity contribution >= 4 is 19.3 Å². The molecule has 1 rings (SSSR count). The van der Waals surface area contributed by atoms with E-state index in [1.165, 1.54) is 19.3 Å². The molecule has 0 nitrogen and oxygen atoms in total. The minimum atomic E-state index is -1.46. The molecule has 0 heterocycles. The molecule has 88 valence electrons. The third-order valence-electron chi connectivity index (χ3n) is 3.78. The van der Waals surface area contributed by atoms with Gasteiger partial charge in [-0.1, -0.05) is 45.9 Å². The van der Waals surface area contributed by atoms with Gasteiger partial charge in [0.1, 0.15) is 0 Å². The van der Waals surface area contributed by atoms with Crippen molar-refractivity contribution in [2.24, 2.45) is 17.8 Å². The lowest BCUT2D eigenvalue weighted by Gasteiger charge is -2.33. The van der Waals surface area contributed by atoms with Crippen LogP contribution in [0.25, 0.3) is 0 Å². The van der Waals surface area contributed by atoms with E-state index in [1.54, 1.807) is 0 Å². The van der Waals surface area contributed by atoms with Crippen molar-refractivity contribution in [3.63, 3.8) is 0 Å². The second-order valence-electron chi connectivity index (χ2n) is 4.97. The molecule has 1 heteroatoms. The van der Waals surface area contributed by atoms with Crippen LogP contribution in [0.5, 0.6) is 0 Å². The van der Waals surface area contributed by atoms with Crippen LogP contribution in [0.2, 0.25) is 0 Å². The van der Waals surface area contributed by atoms with Crippen LogP contribution >= 0.6 is 9.21 Å². The smallest absolute Gasteiger partial charge is 0.0109 e. The summed E-state index contributed by atoms with van der Waals surface area (Å²) in [5, 5.41) is 8.88. The summed E-state index contributed by atoms with van der Waals surface area (Å²) in [5.74, 6) is 3.27. The van der Waals surface area contributed by atoms with E-state index in [0.717, 1.165) is 17.6 Å². The van der Waals surface area contributed by atoms with Crippen LogP contribution in [-0.4, -0.2) is 15.8 Å². The molecule has 0 spiro atoms.